The summed E-state index contributed by atoms with van der Waals surface area (Å²) < 4.78 is 0. The number of aliphatic hydroxyl groups is 1. The van der Waals surface area contributed by atoms with Crippen molar-refractivity contribution in [3.8, 4) is 5.75 Å². The average Bonchev–Trinajstić information content (AvgIpc) is 2.35. The van der Waals surface area contributed by atoms with Crippen LogP contribution in [-0.2, 0) is 4.79 Å². The maximum atomic E-state index is 11.5. The van der Waals surface area contributed by atoms with Crippen LogP contribution in [0.4, 0.5) is 0 Å². The number of aromatic hydroxyl groups is 1. The Bertz CT molecular complexity index is 380. The number of amides is 1. The molecule has 1 aromatic carbocycles. The summed E-state index contributed by atoms with van der Waals surface area (Å²) in [5.41, 5.74) is 0.829. The number of hydrogen-bond acceptors (Lipinski definition) is 3. The number of carbonyl (C=O) groups excluding carboxylic acids is 1. The molecule has 1 atom stereocenters. The lowest BCUT2D eigenvalue weighted by atomic mass is 10.2. The number of rotatable bonds is 5. The second-order valence-corrected chi connectivity index (χ2v) is 3.72. The third-order valence-electron chi connectivity index (χ3n) is 2.38. The fourth-order valence-corrected chi connectivity index (χ4v) is 1.28. The number of phenols is 1. The molecular formula is C13H17NO3. The first-order chi connectivity index (χ1) is 8.15. The van der Waals surface area contributed by atoms with Crippen LogP contribution in [0.25, 0.3) is 6.08 Å². The SMILES string of the molecule is CCC(CO)NC(=O)/C=C/c1ccc(O)cc1. The van der Waals surface area contributed by atoms with Crippen LogP contribution in [0.15, 0.2) is 30.3 Å². The number of nitrogens with one attached hydrogen (secondary N) is 1. The van der Waals surface area contributed by atoms with E-state index in [1.165, 1.54) is 6.08 Å². The Kier molecular flexibility index (Phi) is 5.23. The van der Waals surface area contributed by atoms with Gasteiger partial charge >= 0.3 is 0 Å². The van der Waals surface area contributed by atoms with Gasteiger partial charge in [0, 0.05) is 6.08 Å². The summed E-state index contributed by atoms with van der Waals surface area (Å²) in [5, 5.41) is 20.7. The van der Waals surface area contributed by atoms with Crippen molar-refractivity contribution in [3.63, 3.8) is 0 Å². The van der Waals surface area contributed by atoms with Crippen molar-refractivity contribution in [2.24, 2.45) is 0 Å². The van der Waals surface area contributed by atoms with Gasteiger partial charge in [-0.05, 0) is 30.2 Å². The summed E-state index contributed by atoms with van der Waals surface area (Å²) in [7, 11) is 0. The second-order valence-electron chi connectivity index (χ2n) is 3.72. The summed E-state index contributed by atoms with van der Waals surface area (Å²) in [5.74, 6) is -0.0445. The van der Waals surface area contributed by atoms with Crippen molar-refractivity contribution < 1.29 is 15.0 Å². The molecule has 17 heavy (non-hydrogen) atoms. The van der Waals surface area contributed by atoms with Gasteiger partial charge in [0.1, 0.15) is 5.75 Å². The van der Waals surface area contributed by atoms with Gasteiger partial charge in [-0.2, -0.15) is 0 Å². The molecular weight excluding hydrogens is 218 g/mol. The van der Waals surface area contributed by atoms with E-state index in [2.05, 4.69) is 5.32 Å². The quantitative estimate of drug-likeness (QED) is 0.674. The number of phenolic OH excluding ortho intramolecular Hbond substituents is 1. The topological polar surface area (TPSA) is 69.6 Å². The highest BCUT2D eigenvalue weighted by atomic mass is 16.3. The van der Waals surface area contributed by atoms with Crippen molar-refractivity contribution in [1.82, 2.24) is 5.32 Å². The molecule has 1 aromatic rings. The molecule has 0 radical (unpaired) electrons. The largest absolute Gasteiger partial charge is 0.508 e. The van der Waals surface area contributed by atoms with E-state index >= 15 is 0 Å². The van der Waals surface area contributed by atoms with Crippen LogP contribution in [-0.4, -0.2) is 28.8 Å². The van der Waals surface area contributed by atoms with E-state index in [-0.39, 0.29) is 24.3 Å². The molecule has 0 aliphatic rings. The smallest absolute Gasteiger partial charge is 0.244 e. The third-order valence-corrected chi connectivity index (χ3v) is 2.38. The molecule has 0 saturated carbocycles. The Balaban J connectivity index is 2.53. The van der Waals surface area contributed by atoms with Gasteiger partial charge in [-0.25, -0.2) is 0 Å². The zero-order chi connectivity index (χ0) is 12.7. The van der Waals surface area contributed by atoms with Crippen molar-refractivity contribution in [3.05, 3.63) is 35.9 Å². The third kappa shape index (κ3) is 4.70. The standard InChI is InChI=1S/C13H17NO3/c1-2-11(9-15)14-13(17)8-5-10-3-6-12(16)7-4-10/h3-8,11,15-16H,2,9H2,1H3,(H,14,17)/b8-5+. The van der Waals surface area contributed by atoms with Crippen LogP contribution < -0.4 is 5.32 Å². The molecule has 0 aliphatic heterocycles. The van der Waals surface area contributed by atoms with Crippen molar-refractivity contribution in [2.45, 2.75) is 19.4 Å². The van der Waals surface area contributed by atoms with Gasteiger partial charge in [0.25, 0.3) is 0 Å². The van der Waals surface area contributed by atoms with Crippen molar-refractivity contribution >= 4 is 12.0 Å². The maximum Gasteiger partial charge on any atom is 0.244 e. The normalized spacial score (nSPS) is 12.6. The highest BCUT2D eigenvalue weighted by molar-refractivity contribution is 5.91. The molecule has 0 saturated heterocycles. The molecule has 0 fully saturated rings. The average molecular weight is 235 g/mol. The lowest BCUT2D eigenvalue weighted by Gasteiger charge is -2.11. The molecule has 0 spiro atoms. The first-order valence-corrected chi connectivity index (χ1v) is 5.54. The molecule has 4 heteroatoms. The van der Waals surface area contributed by atoms with Gasteiger partial charge < -0.3 is 15.5 Å². The van der Waals surface area contributed by atoms with Crippen molar-refractivity contribution in [2.75, 3.05) is 6.61 Å². The zero-order valence-electron chi connectivity index (χ0n) is 9.76. The van der Waals surface area contributed by atoms with Gasteiger partial charge in [0.15, 0.2) is 0 Å². The minimum absolute atomic E-state index is 0.0602. The number of aliphatic hydroxyl groups excluding tert-OH is 1. The fraction of sp³-hybridized carbons (Fsp3) is 0.308. The Morgan fingerprint density at radius 1 is 1.41 bits per heavy atom. The molecule has 3 N–H and O–H groups in total. The first kappa shape index (κ1) is 13.3. The molecule has 0 heterocycles. The molecule has 4 nitrogen and oxygen atoms in total. The Morgan fingerprint density at radius 3 is 2.59 bits per heavy atom. The molecule has 0 bridgehead atoms. The minimum Gasteiger partial charge on any atom is -0.508 e. The van der Waals surface area contributed by atoms with E-state index in [1.54, 1.807) is 30.3 Å². The predicted octanol–water partition coefficient (Wildman–Crippen LogP) is 1.29. The molecule has 0 aromatic heterocycles. The minimum atomic E-state index is -0.237. The van der Waals surface area contributed by atoms with Crippen LogP contribution in [0.3, 0.4) is 0 Å². The van der Waals surface area contributed by atoms with E-state index in [0.29, 0.717) is 6.42 Å². The van der Waals surface area contributed by atoms with Crippen molar-refractivity contribution in [1.29, 1.82) is 0 Å². The molecule has 1 amide bonds. The van der Waals surface area contributed by atoms with Gasteiger partial charge in [-0.15, -0.1) is 0 Å². The molecule has 1 unspecified atom stereocenters. The fourth-order valence-electron chi connectivity index (χ4n) is 1.28. The number of benzene rings is 1. The van der Waals surface area contributed by atoms with E-state index < -0.39 is 0 Å². The summed E-state index contributed by atoms with van der Waals surface area (Å²) in [6.07, 6.45) is 3.75. The maximum absolute atomic E-state index is 11.5. The Morgan fingerprint density at radius 2 is 2.06 bits per heavy atom. The van der Waals surface area contributed by atoms with Gasteiger partial charge in [0.05, 0.1) is 12.6 Å². The van der Waals surface area contributed by atoms with Crippen LogP contribution in [0, 0.1) is 0 Å². The number of carbonyl (C=O) groups is 1. The first-order valence-electron chi connectivity index (χ1n) is 5.54. The van der Waals surface area contributed by atoms with E-state index in [9.17, 15) is 4.79 Å². The lowest BCUT2D eigenvalue weighted by Crippen LogP contribution is -2.35. The summed E-state index contributed by atoms with van der Waals surface area (Å²) in [6.45, 7) is 1.83. The highest BCUT2D eigenvalue weighted by Gasteiger charge is 2.05. The highest BCUT2D eigenvalue weighted by Crippen LogP contribution is 2.10. The Hall–Kier alpha value is -1.81. The molecule has 92 valence electrons. The Labute approximate surface area is 101 Å². The van der Waals surface area contributed by atoms with Gasteiger partial charge in [-0.3, -0.25) is 4.79 Å². The summed E-state index contributed by atoms with van der Waals surface area (Å²) in [6, 6.07) is 6.33. The van der Waals surface area contributed by atoms with Crippen LogP contribution in [0.1, 0.15) is 18.9 Å². The predicted molar refractivity (Wildman–Crippen MR) is 66.4 cm³/mol. The van der Waals surface area contributed by atoms with Crippen LogP contribution in [0.5, 0.6) is 5.75 Å². The van der Waals surface area contributed by atoms with E-state index in [1.807, 2.05) is 6.92 Å². The van der Waals surface area contributed by atoms with E-state index in [4.69, 9.17) is 10.2 Å². The lowest BCUT2D eigenvalue weighted by molar-refractivity contribution is -0.117. The van der Waals surface area contributed by atoms with Gasteiger partial charge in [-0.1, -0.05) is 19.1 Å². The van der Waals surface area contributed by atoms with E-state index in [0.717, 1.165) is 5.56 Å². The molecule has 0 aliphatic carbocycles. The summed E-state index contributed by atoms with van der Waals surface area (Å²) >= 11 is 0. The number of hydrogen-bond donors (Lipinski definition) is 3. The zero-order valence-corrected chi connectivity index (χ0v) is 9.76. The molecule has 1 rings (SSSR count). The monoisotopic (exact) mass is 235 g/mol. The summed E-state index contributed by atoms with van der Waals surface area (Å²) in [4.78, 5) is 11.5. The van der Waals surface area contributed by atoms with Crippen LogP contribution >= 0.6 is 0 Å². The van der Waals surface area contributed by atoms with Crippen LogP contribution in [0.2, 0.25) is 0 Å². The second kappa shape index (κ2) is 6.70. The van der Waals surface area contributed by atoms with Gasteiger partial charge in [0.2, 0.25) is 5.91 Å².